The van der Waals surface area contributed by atoms with Crippen molar-refractivity contribution in [2.24, 2.45) is 0 Å². The fraction of sp³-hybridized carbons (Fsp3) is 0.333. The van der Waals surface area contributed by atoms with Crippen molar-refractivity contribution in [3.63, 3.8) is 0 Å². The van der Waals surface area contributed by atoms with Gasteiger partial charge in [-0.1, -0.05) is 6.07 Å². The van der Waals surface area contributed by atoms with Crippen LogP contribution >= 0.6 is 11.3 Å². The molecule has 1 saturated carbocycles. The molecule has 21 heavy (non-hydrogen) atoms. The third-order valence-electron chi connectivity index (χ3n) is 3.62. The van der Waals surface area contributed by atoms with Gasteiger partial charge in [-0.3, -0.25) is 15.0 Å². The van der Waals surface area contributed by atoms with Gasteiger partial charge in [-0.05, 0) is 46.9 Å². The summed E-state index contributed by atoms with van der Waals surface area (Å²) in [6.07, 6.45) is 2.33. The maximum Gasteiger partial charge on any atom is 0.304 e. The molecule has 6 heteroatoms. The molecular weight excluding hydrogens is 291 g/mol. The topological polar surface area (TPSA) is 46.4 Å². The van der Waals surface area contributed by atoms with Gasteiger partial charge in [0.1, 0.15) is 0 Å². The molecule has 0 saturated heterocycles. The Morgan fingerprint density at radius 1 is 1.29 bits per heavy atom. The Hall–Kier alpha value is -1.79. The van der Waals surface area contributed by atoms with Crippen LogP contribution in [-0.2, 0) is 13.1 Å². The fourth-order valence-electron chi connectivity index (χ4n) is 2.40. The average Bonchev–Trinajstić information content (AvgIpc) is 3.16. The van der Waals surface area contributed by atoms with E-state index < -0.39 is 16.4 Å². The molecule has 1 aliphatic rings. The zero-order chi connectivity index (χ0) is 14.8. The molecule has 0 N–H and O–H groups in total. The number of nitro benzene ring substituents is 1. The molecule has 0 unspecified atom stereocenters. The minimum absolute atomic E-state index is 0.463. The van der Waals surface area contributed by atoms with Gasteiger partial charge in [0.05, 0.1) is 4.92 Å². The molecule has 1 aliphatic carbocycles. The summed E-state index contributed by atoms with van der Waals surface area (Å²) in [4.78, 5) is 12.3. The Labute approximate surface area is 126 Å². The van der Waals surface area contributed by atoms with Crippen molar-refractivity contribution in [1.29, 1.82) is 0 Å². The first-order chi connectivity index (χ1) is 10.1. The zero-order valence-electron chi connectivity index (χ0n) is 11.4. The van der Waals surface area contributed by atoms with Gasteiger partial charge in [0.2, 0.25) is 5.82 Å². The van der Waals surface area contributed by atoms with Crippen molar-refractivity contribution in [3.05, 3.63) is 62.1 Å². The highest BCUT2D eigenvalue weighted by atomic mass is 32.1. The molecule has 2 aromatic rings. The van der Waals surface area contributed by atoms with Crippen LogP contribution in [0.25, 0.3) is 0 Å². The van der Waals surface area contributed by atoms with Crippen LogP contribution in [0.15, 0.2) is 35.0 Å². The maximum atomic E-state index is 13.7. The quantitative estimate of drug-likeness (QED) is 0.599. The highest BCUT2D eigenvalue weighted by molar-refractivity contribution is 7.07. The molecule has 1 aromatic heterocycles. The number of nitro groups is 1. The monoisotopic (exact) mass is 306 g/mol. The lowest BCUT2D eigenvalue weighted by Crippen LogP contribution is -2.24. The summed E-state index contributed by atoms with van der Waals surface area (Å²) < 4.78 is 13.7. The molecule has 110 valence electrons. The number of hydrogen-bond donors (Lipinski definition) is 0. The zero-order valence-corrected chi connectivity index (χ0v) is 12.2. The smallest absolute Gasteiger partial charge is 0.292 e. The summed E-state index contributed by atoms with van der Waals surface area (Å²) in [7, 11) is 0. The molecule has 3 rings (SSSR count). The van der Waals surface area contributed by atoms with Gasteiger partial charge in [0, 0.05) is 25.2 Å². The Kier molecular flexibility index (Phi) is 3.98. The van der Waals surface area contributed by atoms with Crippen LogP contribution in [0.3, 0.4) is 0 Å². The lowest BCUT2D eigenvalue weighted by Gasteiger charge is -2.21. The van der Waals surface area contributed by atoms with E-state index in [9.17, 15) is 14.5 Å². The fourth-order valence-corrected chi connectivity index (χ4v) is 3.06. The Morgan fingerprint density at radius 3 is 2.62 bits per heavy atom. The van der Waals surface area contributed by atoms with E-state index in [1.165, 1.54) is 30.5 Å². The predicted octanol–water partition coefficient (Wildman–Crippen LogP) is 3.96. The van der Waals surface area contributed by atoms with Crippen LogP contribution in [0.2, 0.25) is 0 Å². The summed E-state index contributed by atoms with van der Waals surface area (Å²) in [5, 5.41) is 14.8. The maximum absolute atomic E-state index is 13.7. The van der Waals surface area contributed by atoms with E-state index >= 15 is 0 Å². The molecule has 1 fully saturated rings. The second-order valence-electron chi connectivity index (χ2n) is 5.31. The van der Waals surface area contributed by atoms with E-state index in [1.54, 1.807) is 17.4 Å². The minimum atomic E-state index is -0.760. The van der Waals surface area contributed by atoms with E-state index in [0.29, 0.717) is 12.6 Å². The Bertz CT molecular complexity index is 641. The standard InChI is InChI=1S/C15H15FN2O2S/c16-14-7-11(1-4-15(14)18(19)20)8-17(13-2-3-13)9-12-5-6-21-10-12/h1,4-7,10,13H,2-3,8-9H2. The number of nitrogens with zero attached hydrogens (tertiary/aromatic N) is 2. The number of rotatable bonds is 6. The molecule has 0 bridgehead atoms. The molecule has 4 nitrogen and oxygen atoms in total. The Balaban J connectivity index is 1.73. The van der Waals surface area contributed by atoms with Crippen LogP contribution in [0.5, 0.6) is 0 Å². The molecular formula is C15H15FN2O2S. The molecule has 1 aromatic carbocycles. The summed E-state index contributed by atoms with van der Waals surface area (Å²) in [5.41, 5.74) is 1.57. The normalized spacial score (nSPS) is 14.6. The molecule has 0 atom stereocenters. The van der Waals surface area contributed by atoms with Crippen molar-refractivity contribution >= 4 is 17.0 Å². The summed E-state index contributed by atoms with van der Waals surface area (Å²) in [6.45, 7) is 1.46. The lowest BCUT2D eigenvalue weighted by atomic mass is 10.1. The van der Waals surface area contributed by atoms with Gasteiger partial charge in [0.15, 0.2) is 0 Å². The highest BCUT2D eigenvalue weighted by Crippen LogP contribution is 2.30. The van der Waals surface area contributed by atoms with Crippen LogP contribution in [-0.4, -0.2) is 15.9 Å². The second-order valence-corrected chi connectivity index (χ2v) is 6.09. The number of hydrogen-bond acceptors (Lipinski definition) is 4. The van der Waals surface area contributed by atoms with Crippen molar-refractivity contribution in [2.75, 3.05) is 0 Å². The van der Waals surface area contributed by atoms with Gasteiger partial charge in [-0.25, -0.2) is 0 Å². The lowest BCUT2D eigenvalue weighted by molar-refractivity contribution is -0.387. The van der Waals surface area contributed by atoms with Crippen LogP contribution in [0.4, 0.5) is 10.1 Å². The summed E-state index contributed by atoms with van der Waals surface area (Å²) in [5.74, 6) is -0.760. The number of benzene rings is 1. The van der Waals surface area contributed by atoms with E-state index in [2.05, 4.69) is 16.3 Å². The first-order valence-electron chi connectivity index (χ1n) is 6.81. The highest BCUT2D eigenvalue weighted by Gasteiger charge is 2.29. The summed E-state index contributed by atoms with van der Waals surface area (Å²) >= 11 is 1.67. The molecule has 0 amide bonds. The Morgan fingerprint density at radius 2 is 2.05 bits per heavy atom. The second kappa shape index (κ2) is 5.91. The third kappa shape index (κ3) is 3.46. The minimum Gasteiger partial charge on any atom is -0.292 e. The first-order valence-corrected chi connectivity index (χ1v) is 7.75. The van der Waals surface area contributed by atoms with Gasteiger partial charge >= 0.3 is 5.69 Å². The van der Waals surface area contributed by atoms with Crippen LogP contribution < -0.4 is 0 Å². The molecule has 0 spiro atoms. The van der Waals surface area contributed by atoms with Crippen molar-refractivity contribution in [2.45, 2.75) is 32.0 Å². The SMILES string of the molecule is O=[N+]([O-])c1ccc(CN(Cc2ccsc2)C2CC2)cc1F. The number of halogens is 1. The molecule has 0 radical (unpaired) electrons. The van der Waals surface area contributed by atoms with Gasteiger partial charge < -0.3 is 0 Å². The van der Waals surface area contributed by atoms with E-state index in [-0.39, 0.29) is 0 Å². The third-order valence-corrected chi connectivity index (χ3v) is 4.36. The average molecular weight is 306 g/mol. The predicted molar refractivity (Wildman–Crippen MR) is 79.6 cm³/mol. The van der Waals surface area contributed by atoms with E-state index in [4.69, 9.17) is 0 Å². The van der Waals surface area contributed by atoms with Gasteiger partial charge in [0.25, 0.3) is 0 Å². The molecule has 1 heterocycles. The van der Waals surface area contributed by atoms with Gasteiger partial charge in [-0.15, -0.1) is 0 Å². The van der Waals surface area contributed by atoms with Crippen LogP contribution in [0.1, 0.15) is 24.0 Å². The van der Waals surface area contributed by atoms with Gasteiger partial charge in [-0.2, -0.15) is 15.7 Å². The van der Waals surface area contributed by atoms with E-state index in [1.807, 2.05) is 5.38 Å². The van der Waals surface area contributed by atoms with E-state index in [0.717, 1.165) is 12.1 Å². The van der Waals surface area contributed by atoms with Crippen molar-refractivity contribution in [3.8, 4) is 0 Å². The number of thiophene rings is 1. The first kappa shape index (κ1) is 14.2. The van der Waals surface area contributed by atoms with Crippen LogP contribution in [0, 0.1) is 15.9 Å². The summed E-state index contributed by atoms with van der Waals surface area (Å²) in [6, 6.07) is 6.81. The largest absolute Gasteiger partial charge is 0.304 e. The van der Waals surface area contributed by atoms with Crippen molar-refractivity contribution < 1.29 is 9.31 Å². The van der Waals surface area contributed by atoms with Crippen molar-refractivity contribution in [1.82, 2.24) is 4.90 Å². The molecule has 0 aliphatic heterocycles.